The SMILES string of the molecule is CCCOP(=O)(OCCC)P(OC(C)C)OC(C)C. The van der Waals surface area contributed by atoms with E-state index in [1.54, 1.807) is 0 Å². The van der Waals surface area contributed by atoms with Crippen LogP contribution in [0.4, 0.5) is 0 Å². The minimum Gasteiger partial charge on any atom is -0.323 e. The molecule has 0 atom stereocenters. The minimum absolute atomic E-state index is 0.0892. The van der Waals surface area contributed by atoms with Gasteiger partial charge >= 0.3 is 7.28 Å². The van der Waals surface area contributed by atoms with Crippen molar-refractivity contribution in [3.63, 3.8) is 0 Å². The molecule has 0 aliphatic heterocycles. The van der Waals surface area contributed by atoms with Gasteiger partial charge in [-0.25, -0.2) is 4.57 Å². The van der Waals surface area contributed by atoms with E-state index in [0.717, 1.165) is 12.8 Å². The highest BCUT2D eigenvalue weighted by Gasteiger charge is 2.41. The van der Waals surface area contributed by atoms with Gasteiger partial charge in [0.25, 0.3) is 8.06 Å². The molecule has 0 fully saturated rings. The van der Waals surface area contributed by atoms with Crippen LogP contribution in [0.3, 0.4) is 0 Å². The Morgan fingerprint density at radius 1 is 0.895 bits per heavy atom. The molecule has 116 valence electrons. The standard InChI is InChI=1S/C12H28O5P2/c1-7-9-14-19(13,15-10-8-2)18(16-11(3)4)17-12(5)6/h11-12H,7-10H2,1-6H3. The Morgan fingerprint density at radius 2 is 1.26 bits per heavy atom. The maximum absolute atomic E-state index is 12.8. The lowest BCUT2D eigenvalue weighted by molar-refractivity contribution is 0.165. The number of hydrogen-bond donors (Lipinski definition) is 0. The summed E-state index contributed by atoms with van der Waals surface area (Å²) in [4.78, 5) is 0. The summed E-state index contributed by atoms with van der Waals surface area (Å²) < 4.78 is 35.1. The summed E-state index contributed by atoms with van der Waals surface area (Å²) in [6.45, 7) is 12.2. The van der Waals surface area contributed by atoms with Crippen molar-refractivity contribution < 1.29 is 22.7 Å². The Bertz CT molecular complexity index is 249. The lowest BCUT2D eigenvalue weighted by atomic mass is 10.5. The molecule has 0 radical (unpaired) electrons. The second kappa shape index (κ2) is 10.3. The Labute approximate surface area is 118 Å². The van der Waals surface area contributed by atoms with Crippen LogP contribution in [0.2, 0.25) is 0 Å². The molecule has 0 bridgehead atoms. The molecule has 0 saturated heterocycles. The third-order valence-electron chi connectivity index (χ3n) is 1.72. The summed E-state index contributed by atoms with van der Waals surface area (Å²) in [5.41, 5.74) is 0. The topological polar surface area (TPSA) is 54.0 Å². The van der Waals surface area contributed by atoms with Crippen LogP contribution in [0, 0.1) is 0 Å². The summed E-state index contributed by atoms with van der Waals surface area (Å²) in [6, 6.07) is 0. The van der Waals surface area contributed by atoms with Crippen molar-refractivity contribution in [1.29, 1.82) is 0 Å². The van der Waals surface area contributed by atoms with Gasteiger partial charge in [-0.05, 0) is 40.5 Å². The molecular formula is C12H28O5P2. The predicted molar refractivity (Wildman–Crippen MR) is 79.5 cm³/mol. The molecule has 19 heavy (non-hydrogen) atoms. The van der Waals surface area contributed by atoms with Gasteiger partial charge < -0.3 is 18.1 Å². The summed E-state index contributed by atoms with van der Waals surface area (Å²) in [5, 5.41) is 0. The fraction of sp³-hybridized carbons (Fsp3) is 1.00. The first-order valence-electron chi connectivity index (χ1n) is 6.89. The molecule has 7 heteroatoms. The first-order valence-corrected chi connectivity index (χ1v) is 10.3. The molecule has 0 aromatic heterocycles. The predicted octanol–water partition coefficient (Wildman–Crippen LogP) is 5.11. The zero-order valence-electron chi connectivity index (χ0n) is 12.9. The largest absolute Gasteiger partial charge is 0.405 e. The van der Waals surface area contributed by atoms with Crippen molar-refractivity contribution in [2.24, 2.45) is 0 Å². The normalized spacial score (nSPS) is 12.9. The smallest absolute Gasteiger partial charge is 0.323 e. The highest BCUT2D eigenvalue weighted by atomic mass is 32.1. The highest BCUT2D eigenvalue weighted by molar-refractivity contribution is 8.24. The Balaban J connectivity index is 4.91. The van der Waals surface area contributed by atoms with E-state index >= 15 is 0 Å². The third kappa shape index (κ3) is 8.39. The van der Waals surface area contributed by atoms with Crippen LogP contribution < -0.4 is 0 Å². The van der Waals surface area contributed by atoms with Gasteiger partial charge in [-0.3, -0.25) is 0 Å². The zero-order valence-corrected chi connectivity index (χ0v) is 14.7. The Hall–Kier alpha value is 0.500. The van der Waals surface area contributed by atoms with E-state index in [0.29, 0.717) is 13.2 Å². The first-order chi connectivity index (χ1) is 8.85. The summed E-state index contributed by atoms with van der Waals surface area (Å²) in [7, 11) is -5.05. The highest BCUT2D eigenvalue weighted by Crippen LogP contribution is 2.78. The molecular weight excluding hydrogens is 286 g/mol. The monoisotopic (exact) mass is 314 g/mol. The van der Waals surface area contributed by atoms with Crippen LogP contribution in [0.15, 0.2) is 0 Å². The van der Waals surface area contributed by atoms with Crippen molar-refractivity contribution >= 4 is 15.3 Å². The lowest BCUT2D eigenvalue weighted by Gasteiger charge is -2.27. The maximum Gasteiger partial charge on any atom is 0.405 e. The van der Waals surface area contributed by atoms with Crippen molar-refractivity contribution in [2.45, 2.75) is 66.6 Å². The Morgan fingerprint density at radius 3 is 1.53 bits per heavy atom. The molecule has 0 N–H and O–H groups in total. The minimum atomic E-state index is -3.35. The molecule has 0 heterocycles. The van der Waals surface area contributed by atoms with E-state index in [4.69, 9.17) is 18.1 Å². The molecule has 0 aliphatic rings. The van der Waals surface area contributed by atoms with Crippen LogP contribution in [0.5, 0.6) is 0 Å². The second-order valence-electron chi connectivity index (χ2n) is 4.68. The second-order valence-corrected chi connectivity index (χ2v) is 9.48. The molecule has 0 aromatic carbocycles. The molecule has 0 spiro atoms. The lowest BCUT2D eigenvalue weighted by Crippen LogP contribution is -2.08. The summed E-state index contributed by atoms with van der Waals surface area (Å²) >= 11 is 0. The van der Waals surface area contributed by atoms with Crippen LogP contribution >= 0.6 is 15.3 Å². The molecule has 0 amide bonds. The van der Waals surface area contributed by atoms with Crippen LogP contribution in [-0.2, 0) is 22.7 Å². The van der Waals surface area contributed by atoms with Crippen molar-refractivity contribution in [3.8, 4) is 0 Å². The molecule has 0 aromatic rings. The maximum atomic E-state index is 12.8. The fourth-order valence-corrected chi connectivity index (χ4v) is 6.02. The van der Waals surface area contributed by atoms with Gasteiger partial charge in [0.2, 0.25) is 0 Å². The summed E-state index contributed by atoms with van der Waals surface area (Å²) in [6.07, 6.45) is 1.36. The molecule has 0 aliphatic carbocycles. The van der Waals surface area contributed by atoms with Crippen molar-refractivity contribution in [1.82, 2.24) is 0 Å². The van der Waals surface area contributed by atoms with Gasteiger partial charge in [0.1, 0.15) is 0 Å². The quantitative estimate of drug-likeness (QED) is 0.496. The summed E-state index contributed by atoms with van der Waals surface area (Å²) in [5.74, 6) is 0. The number of rotatable bonds is 11. The van der Waals surface area contributed by atoms with E-state index in [1.165, 1.54) is 0 Å². The van der Waals surface area contributed by atoms with Gasteiger partial charge in [-0.1, -0.05) is 13.8 Å². The van der Waals surface area contributed by atoms with Gasteiger partial charge in [-0.15, -0.1) is 0 Å². The van der Waals surface area contributed by atoms with Gasteiger partial charge in [0.05, 0.1) is 25.4 Å². The van der Waals surface area contributed by atoms with Crippen molar-refractivity contribution in [2.75, 3.05) is 13.2 Å². The van der Waals surface area contributed by atoms with Gasteiger partial charge in [-0.2, -0.15) is 0 Å². The van der Waals surface area contributed by atoms with E-state index in [-0.39, 0.29) is 12.2 Å². The van der Waals surface area contributed by atoms with Crippen LogP contribution in [0.25, 0.3) is 0 Å². The van der Waals surface area contributed by atoms with Crippen LogP contribution in [0.1, 0.15) is 54.4 Å². The van der Waals surface area contributed by atoms with Gasteiger partial charge in [0, 0.05) is 0 Å². The number of hydrogen-bond acceptors (Lipinski definition) is 5. The fourth-order valence-electron chi connectivity index (χ4n) is 1.05. The molecule has 0 rings (SSSR count). The Kier molecular flexibility index (Phi) is 10.5. The average Bonchev–Trinajstić information content (AvgIpc) is 2.32. The van der Waals surface area contributed by atoms with E-state index in [2.05, 4.69) is 0 Å². The van der Waals surface area contributed by atoms with E-state index in [9.17, 15) is 4.57 Å². The first kappa shape index (κ1) is 19.5. The van der Waals surface area contributed by atoms with Gasteiger partial charge in [0.15, 0.2) is 0 Å². The molecule has 0 saturated carbocycles. The average molecular weight is 314 g/mol. The zero-order chi connectivity index (χ0) is 14.9. The van der Waals surface area contributed by atoms with E-state index in [1.807, 2.05) is 41.5 Å². The third-order valence-corrected chi connectivity index (χ3v) is 6.80. The van der Waals surface area contributed by atoms with E-state index < -0.39 is 15.3 Å². The molecule has 5 nitrogen and oxygen atoms in total. The van der Waals surface area contributed by atoms with Crippen molar-refractivity contribution in [3.05, 3.63) is 0 Å². The molecule has 0 unspecified atom stereocenters. The van der Waals surface area contributed by atoms with Crippen LogP contribution in [-0.4, -0.2) is 25.4 Å².